The van der Waals surface area contributed by atoms with Crippen LogP contribution < -0.4 is 10.2 Å². The highest BCUT2D eigenvalue weighted by Crippen LogP contribution is 2.28. The Kier molecular flexibility index (Phi) is 3.32. The van der Waals surface area contributed by atoms with E-state index < -0.39 is 0 Å². The van der Waals surface area contributed by atoms with Gasteiger partial charge in [-0.2, -0.15) is 0 Å². The Morgan fingerprint density at radius 1 is 1.44 bits per heavy atom. The maximum absolute atomic E-state index is 4.26. The molecule has 0 aliphatic carbocycles. The highest BCUT2D eigenvalue weighted by Gasteiger charge is 2.24. The number of hydrogen-bond donors (Lipinski definition) is 1. The number of rotatable bonds is 2. The van der Waals surface area contributed by atoms with Crippen LogP contribution in [0.15, 0.2) is 18.3 Å². The first kappa shape index (κ1) is 11.2. The van der Waals surface area contributed by atoms with Crippen LogP contribution in [-0.4, -0.2) is 24.6 Å². The van der Waals surface area contributed by atoms with Gasteiger partial charge in [0, 0.05) is 37.6 Å². The second-order valence-corrected chi connectivity index (χ2v) is 4.70. The van der Waals surface area contributed by atoms with Crippen molar-refractivity contribution < 1.29 is 0 Å². The van der Waals surface area contributed by atoms with Gasteiger partial charge in [0.05, 0.1) is 0 Å². The first-order chi connectivity index (χ1) is 7.72. The zero-order chi connectivity index (χ0) is 11.5. The molecule has 1 aliphatic rings. The van der Waals surface area contributed by atoms with E-state index in [0.717, 1.165) is 11.7 Å². The summed E-state index contributed by atoms with van der Waals surface area (Å²) in [6.07, 6.45) is 4.53. The fraction of sp³-hybridized carbons (Fsp3) is 0.615. The van der Waals surface area contributed by atoms with Crippen molar-refractivity contribution in [3.8, 4) is 0 Å². The Morgan fingerprint density at radius 3 is 3.00 bits per heavy atom. The normalized spacial score (nSPS) is 25.6. The third-order valence-corrected chi connectivity index (χ3v) is 3.70. The summed E-state index contributed by atoms with van der Waals surface area (Å²) in [6.45, 7) is 5.83. The van der Waals surface area contributed by atoms with E-state index in [9.17, 15) is 0 Å². The average Bonchev–Trinajstić information content (AvgIpc) is 2.33. The molecular weight excluding hydrogens is 198 g/mol. The van der Waals surface area contributed by atoms with Gasteiger partial charge >= 0.3 is 0 Å². The number of nitrogens with zero attached hydrogens (tertiary/aromatic N) is 2. The molecule has 0 spiro atoms. The predicted molar refractivity (Wildman–Crippen MR) is 69.0 cm³/mol. The van der Waals surface area contributed by atoms with Gasteiger partial charge in [0.15, 0.2) is 0 Å². The van der Waals surface area contributed by atoms with Crippen molar-refractivity contribution in [2.45, 2.75) is 32.7 Å². The molecule has 1 aliphatic heterocycles. The molecule has 0 saturated carbocycles. The zero-order valence-electron chi connectivity index (χ0n) is 10.4. The molecule has 16 heavy (non-hydrogen) atoms. The second kappa shape index (κ2) is 4.73. The minimum atomic E-state index is 0.626. The number of aromatic nitrogens is 1. The Labute approximate surface area is 97.9 Å². The molecule has 88 valence electrons. The number of pyridine rings is 1. The van der Waals surface area contributed by atoms with E-state index >= 15 is 0 Å². The Morgan fingerprint density at radius 2 is 2.25 bits per heavy atom. The second-order valence-electron chi connectivity index (χ2n) is 4.70. The van der Waals surface area contributed by atoms with Crippen molar-refractivity contribution in [3.63, 3.8) is 0 Å². The highest BCUT2D eigenvalue weighted by atomic mass is 15.2. The third kappa shape index (κ3) is 2.13. The van der Waals surface area contributed by atoms with Crippen LogP contribution in [0.25, 0.3) is 0 Å². The molecular formula is C13H21N3. The third-order valence-electron chi connectivity index (χ3n) is 3.70. The standard InChI is InChI=1S/C13H21N3/c1-10-5-4-8-16(11(10)2)12-6-7-15-13(9-12)14-3/h6-7,9-11H,4-5,8H2,1-3H3,(H,14,15). The predicted octanol–water partition coefficient (Wildman–Crippen LogP) is 2.75. The van der Waals surface area contributed by atoms with Crippen LogP contribution in [0.5, 0.6) is 0 Å². The summed E-state index contributed by atoms with van der Waals surface area (Å²) in [5.74, 6) is 1.72. The molecule has 2 atom stereocenters. The molecule has 0 bridgehead atoms. The van der Waals surface area contributed by atoms with Crippen molar-refractivity contribution >= 4 is 11.5 Å². The monoisotopic (exact) mass is 219 g/mol. The molecule has 0 radical (unpaired) electrons. The topological polar surface area (TPSA) is 28.2 Å². The number of nitrogens with one attached hydrogen (secondary N) is 1. The lowest BCUT2D eigenvalue weighted by Crippen LogP contribution is -2.42. The maximum Gasteiger partial charge on any atom is 0.127 e. The summed E-state index contributed by atoms with van der Waals surface area (Å²) in [5.41, 5.74) is 1.29. The number of hydrogen-bond acceptors (Lipinski definition) is 3. The summed E-state index contributed by atoms with van der Waals surface area (Å²) in [4.78, 5) is 6.76. The van der Waals surface area contributed by atoms with E-state index in [1.165, 1.54) is 25.1 Å². The van der Waals surface area contributed by atoms with Gasteiger partial charge in [-0.3, -0.25) is 0 Å². The molecule has 1 aromatic heterocycles. The number of anilines is 2. The number of piperidine rings is 1. The largest absolute Gasteiger partial charge is 0.373 e. The van der Waals surface area contributed by atoms with Gasteiger partial charge in [-0.1, -0.05) is 6.92 Å². The Hall–Kier alpha value is -1.25. The molecule has 1 saturated heterocycles. The molecule has 0 amide bonds. The summed E-state index contributed by atoms with van der Waals surface area (Å²) in [7, 11) is 1.91. The van der Waals surface area contributed by atoms with Crippen LogP contribution in [0.2, 0.25) is 0 Å². The molecule has 2 heterocycles. The van der Waals surface area contributed by atoms with E-state index in [4.69, 9.17) is 0 Å². The van der Waals surface area contributed by atoms with Crippen molar-refractivity contribution in [2.24, 2.45) is 5.92 Å². The lowest BCUT2D eigenvalue weighted by atomic mass is 9.92. The summed E-state index contributed by atoms with van der Waals surface area (Å²) < 4.78 is 0. The zero-order valence-corrected chi connectivity index (χ0v) is 10.4. The van der Waals surface area contributed by atoms with Crippen LogP contribution in [0.4, 0.5) is 11.5 Å². The SMILES string of the molecule is CNc1cc(N2CCCC(C)C2C)ccn1. The fourth-order valence-corrected chi connectivity index (χ4v) is 2.43. The summed E-state index contributed by atoms with van der Waals surface area (Å²) in [5, 5.41) is 3.09. The molecule has 1 fully saturated rings. The molecule has 1 aromatic rings. The van der Waals surface area contributed by atoms with E-state index in [1.54, 1.807) is 0 Å². The van der Waals surface area contributed by atoms with Crippen LogP contribution in [0.1, 0.15) is 26.7 Å². The van der Waals surface area contributed by atoms with Gasteiger partial charge < -0.3 is 10.2 Å². The van der Waals surface area contributed by atoms with Gasteiger partial charge in [-0.15, -0.1) is 0 Å². The van der Waals surface area contributed by atoms with Crippen molar-refractivity contribution in [3.05, 3.63) is 18.3 Å². The van der Waals surface area contributed by atoms with E-state index in [-0.39, 0.29) is 0 Å². The van der Waals surface area contributed by atoms with Gasteiger partial charge in [-0.25, -0.2) is 4.98 Å². The maximum atomic E-state index is 4.26. The van der Waals surface area contributed by atoms with Crippen LogP contribution in [0, 0.1) is 5.92 Å². The van der Waals surface area contributed by atoms with Crippen molar-refractivity contribution in [1.82, 2.24) is 4.98 Å². The molecule has 0 aromatic carbocycles. The van der Waals surface area contributed by atoms with Crippen LogP contribution >= 0.6 is 0 Å². The van der Waals surface area contributed by atoms with Gasteiger partial charge in [0.25, 0.3) is 0 Å². The smallest absolute Gasteiger partial charge is 0.127 e. The minimum Gasteiger partial charge on any atom is -0.373 e. The van der Waals surface area contributed by atoms with E-state index in [2.05, 4.69) is 41.2 Å². The quantitative estimate of drug-likeness (QED) is 0.829. The average molecular weight is 219 g/mol. The molecule has 2 unspecified atom stereocenters. The van der Waals surface area contributed by atoms with E-state index in [0.29, 0.717) is 6.04 Å². The van der Waals surface area contributed by atoms with Crippen molar-refractivity contribution in [2.75, 3.05) is 23.8 Å². The first-order valence-electron chi connectivity index (χ1n) is 6.13. The van der Waals surface area contributed by atoms with Crippen LogP contribution in [-0.2, 0) is 0 Å². The molecule has 2 rings (SSSR count). The lowest BCUT2D eigenvalue weighted by molar-refractivity contribution is 0.363. The van der Waals surface area contributed by atoms with Crippen LogP contribution in [0.3, 0.4) is 0 Å². The van der Waals surface area contributed by atoms with Gasteiger partial charge in [0.2, 0.25) is 0 Å². The lowest BCUT2D eigenvalue weighted by Gasteiger charge is -2.39. The Balaban J connectivity index is 2.21. The summed E-state index contributed by atoms with van der Waals surface area (Å²) in [6, 6.07) is 4.87. The van der Waals surface area contributed by atoms with Gasteiger partial charge in [-0.05, 0) is 31.7 Å². The molecule has 3 heteroatoms. The van der Waals surface area contributed by atoms with Gasteiger partial charge in [0.1, 0.15) is 5.82 Å². The molecule has 1 N–H and O–H groups in total. The van der Waals surface area contributed by atoms with Crippen molar-refractivity contribution in [1.29, 1.82) is 0 Å². The summed E-state index contributed by atoms with van der Waals surface area (Å²) >= 11 is 0. The highest BCUT2D eigenvalue weighted by molar-refractivity contribution is 5.54. The Bertz CT molecular complexity index is 351. The first-order valence-corrected chi connectivity index (χ1v) is 6.13. The van der Waals surface area contributed by atoms with E-state index in [1.807, 2.05) is 13.2 Å². The minimum absolute atomic E-state index is 0.626. The fourth-order valence-electron chi connectivity index (χ4n) is 2.43. The molecule has 3 nitrogen and oxygen atoms in total.